The van der Waals surface area contributed by atoms with E-state index >= 15 is 0 Å². The van der Waals surface area contributed by atoms with E-state index in [1.54, 1.807) is 19.0 Å². The molecule has 0 aromatic heterocycles. The van der Waals surface area contributed by atoms with Crippen LogP contribution in [-0.4, -0.2) is 97.6 Å². The maximum atomic E-state index is 13.7. The van der Waals surface area contributed by atoms with Crippen LogP contribution in [0.1, 0.15) is 44.2 Å². The number of aliphatic hydroxyl groups excluding tert-OH is 1. The van der Waals surface area contributed by atoms with Gasteiger partial charge in [-0.15, -0.1) is 11.8 Å². The zero-order chi connectivity index (χ0) is 37.1. The van der Waals surface area contributed by atoms with Crippen molar-refractivity contribution >= 4 is 47.0 Å². The Labute approximate surface area is 297 Å². The predicted molar refractivity (Wildman–Crippen MR) is 183 cm³/mol. The maximum absolute atomic E-state index is 13.7. The molecule has 17 heteroatoms. The lowest BCUT2D eigenvalue weighted by molar-refractivity contribution is -0.385. The second-order valence-corrected chi connectivity index (χ2v) is 14.4. The van der Waals surface area contributed by atoms with Gasteiger partial charge in [0.1, 0.15) is 18.9 Å². The minimum absolute atomic E-state index is 0.0693. The third-order valence-corrected chi connectivity index (χ3v) is 10.9. The molecule has 0 saturated carbocycles. The summed E-state index contributed by atoms with van der Waals surface area (Å²) in [5.74, 6) is -2.32. The number of aliphatic hydroxyl groups is 1. The number of benzene rings is 2. The van der Waals surface area contributed by atoms with Crippen LogP contribution < -0.4 is 0 Å². The number of β-lactam (4-membered cyclic amide) rings is 1. The Balaban J connectivity index is 1.35. The van der Waals surface area contributed by atoms with Crippen LogP contribution in [0.5, 0.6) is 0 Å². The van der Waals surface area contributed by atoms with E-state index in [9.17, 15) is 44.5 Å². The highest BCUT2D eigenvalue weighted by atomic mass is 32.2. The minimum Gasteiger partial charge on any atom is -0.456 e. The molecule has 3 aliphatic heterocycles. The highest BCUT2D eigenvalue weighted by molar-refractivity contribution is 8.03. The van der Waals surface area contributed by atoms with E-state index in [-0.39, 0.29) is 66.4 Å². The predicted octanol–water partition coefficient (Wildman–Crippen LogP) is 4.00. The van der Waals surface area contributed by atoms with Crippen LogP contribution >= 0.6 is 11.8 Å². The van der Waals surface area contributed by atoms with Gasteiger partial charge >= 0.3 is 12.1 Å². The van der Waals surface area contributed by atoms with E-state index in [1.807, 2.05) is 6.92 Å². The Hall–Kier alpha value is -5.03. The topological polar surface area (TPSA) is 203 Å². The molecule has 2 fully saturated rings. The van der Waals surface area contributed by atoms with Crippen LogP contribution in [0.25, 0.3) is 0 Å². The number of hydrogen-bond acceptors (Lipinski definition) is 12. The third-order valence-electron chi connectivity index (χ3n) is 9.42. The highest BCUT2D eigenvalue weighted by Crippen LogP contribution is 2.52. The second kappa shape index (κ2) is 15.5. The molecule has 1 N–H and O–H groups in total. The number of nitrogens with zero attached hydrogens (tertiary/aromatic N) is 5. The molecule has 16 nitrogen and oxygen atoms in total. The molecule has 3 amide bonds. The Morgan fingerprint density at radius 1 is 0.980 bits per heavy atom. The van der Waals surface area contributed by atoms with Crippen LogP contribution in [0.4, 0.5) is 16.2 Å². The number of carbonyl (C=O) groups excluding carboxylic acids is 4. The van der Waals surface area contributed by atoms with Gasteiger partial charge < -0.3 is 29.3 Å². The first kappa shape index (κ1) is 37.2. The smallest absolute Gasteiger partial charge is 0.410 e. The maximum Gasteiger partial charge on any atom is 0.410 e. The van der Waals surface area contributed by atoms with Gasteiger partial charge in [-0.2, -0.15) is 0 Å². The van der Waals surface area contributed by atoms with Crippen molar-refractivity contribution < 1.29 is 43.6 Å². The number of likely N-dealkylation sites (tertiary alicyclic amines) is 1. The van der Waals surface area contributed by atoms with Crippen LogP contribution in [0, 0.1) is 32.1 Å². The molecule has 2 saturated heterocycles. The lowest BCUT2D eigenvalue weighted by Crippen LogP contribution is -2.63. The molecular formula is C34H39N5O11S. The lowest BCUT2D eigenvalue weighted by Gasteiger charge is -2.46. The first-order valence-corrected chi connectivity index (χ1v) is 17.2. The first-order valence-electron chi connectivity index (χ1n) is 16.4. The van der Waals surface area contributed by atoms with Gasteiger partial charge in [-0.3, -0.25) is 29.8 Å². The van der Waals surface area contributed by atoms with Crippen LogP contribution in [0.2, 0.25) is 0 Å². The van der Waals surface area contributed by atoms with Crippen LogP contribution in [0.15, 0.2) is 59.1 Å². The number of nitro groups is 2. The molecule has 2 aromatic rings. The first-order chi connectivity index (χ1) is 24.2. The number of nitro benzene ring substituents is 2. The largest absolute Gasteiger partial charge is 0.456 e. The summed E-state index contributed by atoms with van der Waals surface area (Å²) in [4.78, 5) is 78.8. The fourth-order valence-electron chi connectivity index (χ4n) is 6.69. The number of ether oxygens (including phenoxy) is 2. The Kier molecular flexibility index (Phi) is 11.3. The van der Waals surface area contributed by atoms with E-state index in [4.69, 9.17) is 9.47 Å². The van der Waals surface area contributed by atoms with Crippen molar-refractivity contribution in [2.24, 2.45) is 11.8 Å². The number of esters is 1. The molecular weight excluding hydrogens is 686 g/mol. The van der Waals surface area contributed by atoms with Crippen molar-refractivity contribution in [1.82, 2.24) is 14.7 Å². The van der Waals surface area contributed by atoms with Gasteiger partial charge in [0.05, 0.1) is 27.9 Å². The van der Waals surface area contributed by atoms with Gasteiger partial charge in [0, 0.05) is 73.4 Å². The highest BCUT2D eigenvalue weighted by Gasteiger charge is 2.60. The summed E-state index contributed by atoms with van der Waals surface area (Å²) in [6.07, 6.45) is -0.577. The number of fused-ring (bicyclic) bond motifs is 1. The van der Waals surface area contributed by atoms with Gasteiger partial charge in [-0.25, -0.2) is 9.59 Å². The zero-order valence-electron chi connectivity index (χ0n) is 28.5. The summed E-state index contributed by atoms with van der Waals surface area (Å²) in [6, 6.07) is 10.3. The zero-order valence-corrected chi connectivity index (χ0v) is 29.3. The molecule has 51 heavy (non-hydrogen) atoms. The molecule has 5 rings (SSSR count). The molecule has 0 spiro atoms. The molecule has 3 aliphatic rings. The van der Waals surface area contributed by atoms with E-state index < -0.39 is 45.9 Å². The normalized spacial score (nSPS) is 23.0. The standard InChI is InChI=1S/C34H39N5O11S/c1-19-29-28(20(2)40)32(42)37(29)30(33(43)49-17-21-5-9-23(10-6-21)38(45)46)31(19)51-26-15-25(13-14-27(41)35(3)4)36(16-26)34(44)50-18-22-7-11-24(12-8-22)39(47)48/h5-12,19-20,25-26,28-29,40H,13-18H2,1-4H3/t19-,20?,25-,26+,28-,29-/m1/s1. The molecule has 3 heterocycles. The SMILES string of the molecule is CC(O)[C@H]1C(=O)N2C(C(=O)OCc3ccc([N+](=O)[O-])cc3)=C(S[C@H]3C[C@@H](CCC(=O)N(C)C)N(C(=O)OCc4ccc([N+](=O)[O-])cc4)C3)[C@H](C)[C@H]12. The van der Waals surface area contributed by atoms with Gasteiger partial charge in [-0.05, 0) is 55.2 Å². The van der Waals surface area contributed by atoms with Crippen LogP contribution in [-0.2, 0) is 37.1 Å². The molecule has 0 bridgehead atoms. The molecule has 2 aromatic carbocycles. The fourth-order valence-corrected chi connectivity index (χ4v) is 8.25. The van der Waals surface area contributed by atoms with Crippen molar-refractivity contribution in [3.05, 3.63) is 90.5 Å². The summed E-state index contributed by atoms with van der Waals surface area (Å²) in [5.41, 5.74) is 0.935. The summed E-state index contributed by atoms with van der Waals surface area (Å²) in [6.45, 7) is 3.29. The summed E-state index contributed by atoms with van der Waals surface area (Å²) in [5, 5.41) is 32.2. The third kappa shape index (κ3) is 7.99. The lowest BCUT2D eigenvalue weighted by atomic mass is 9.79. The average Bonchev–Trinajstić information content (AvgIpc) is 3.61. The number of thioether (sulfide) groups is 1. The fraction of sp³-hybridized carbons (Fsp3) is 0.471. The molecule has 1 unspecified atom stereocenters. The monoisotopic (exact) mass is 725 g/mol. The summed E-state index contributed by atoms with van der Waals surface area (Å²) in [7, 11) is 3.29. The number of hydrogen-bond donors (Lipinski definition) is 1. The van der Waals surface area contributed by atoms with Gasteiger partial charge in [0.25, 0.3) is 11.4 Å². The molecule has 272 valence electrons. The van der Waals surface area contributed by atoms with Gasteiger partial charge in [-0.1, -0.05) is 6.92 Å². The van der Waals surface area contributed by atoms with E-state index in [0.717, 1.165) is 0 Å². The van der Waals surface area contributed by atoms with E-state index in [1.165, 1.54) is 77.0 Å². The van der Waals surface area contributed by atoms with Gasteiger partial charge in [0.15, 0.2) is 0 Å². The Morgan fingerprint density at radius 3 is 2.04 bits per heavy atom. The number of amides is 3. The van der Waals surface area contributed by atoms with E-state index in [2.05, 4.69) is 0 Å². The van der Waals surface area contributed by atoms with Crippen molar-refractivity contribution in [2.45, 2.75) is 69.8 Å². The molecule has 6 atom stereocenters. The number of non-ortho nitro benzene ring substituents is 2. The Bertz CT molecular complexity index is 1730. The average molecular weight is 726 g/mol. The van der Waals surface area contributed by atoms with E-state index in [0.29, 0.717) is 28.9 Å². The molecule has 0 aliphatic carbocycles. The minimum atomic E-state index is -0.950. The van der Waals surface area contributed by atoms with Crippen molar-refractivity contribution in [3.8, 4) is 0 Å². The van der Waals surface area contributed by atoms with Crippen molar-refractivity contribution in [1.29, 1.82) is 0 Å². The Morgan fingerprint density at radius 2 is 1.53 bits per heavy atom. The van der Waals surface area contributed by atoms with Crippen molar-refractivity contribution in [3.63, 3.8) is 0 Å². The summed E-state index contributed by atoms with van der Waals surface area (Å²) < 4.78 is 11.2. The van der Waals surface area contributed by atoms with Crippen molar-refractivity contribution in [2.75, 3.05) is 20.6 Å². The number of carbonyl (C=O) groups is 4. The summed E-state index contributed by atoms with van der Waals surface area (Å²) >= 11 is 1.35. The molecule has 0 radical (unpaired) electrons. The number of rotatable bonds is 13. The second-order valence-electron chi connectivity index (χ2n) is 13.1. The van der Waals surface area contributed by atoms with Crippen LogP contribution in [0.3, 0.4) is 0 Å². The quantitative estimate of drug-likeness (QED) is 0.135. The van der Waals surface area contributed by atoms with Gasteiger partial charge in [0.2, 0.25) is 11.8 Å².